The third-order valence-corrected chi connectivity index (χ3v) is 1.99. The van der Waals surface area contributed by atoms with Gasteiger partial charge in [0.15, 0.2) is 0 Å². The van der Waals surface area contributed by atoms with Crippen LogP contribution in [0.3, 0.4) is 0 Å². The molecule has 0 aliphatic heterocycles. The number of hydrogen-bond acceptors (Lipinski definition) is 2. The Kier molecular flexibility index (Phi) is 1.55. The molecule has 3 N–H and O–H groups in total. The van der Waals surface area contributed by atoms with Crippen molar-refractivity contribution in [2.45, 2.75) is 6.92 Å². The highest BCUT2D eigenvalue weighted by atomic mass is 16.1. The number of carbonyl (C=O) groups is 1. The van der Waals surface area contributed by atoms with Crippen molar-refractivity contribution in [3.63, 3.8) is 0 Å². The topological polar surface area (TPSA) is 71.8 Å². The van der Waals surface area contributed by atoms with E-state index >= 15 is 0 Å². The monoisotopic (exact) mass is 175 g/mol. The Morgan fingerprint density at radius 3 is 3.08 bits per heavy atom. The molecule has 2 aromatic heterocycles. The van der Waals surface area contributed by atoms with Crippen molar-refractivity contribution >= 4 is 16.9 Å². The van der Waals surface area contributed by atoms with Gasteiger partial charge in [-0.1, -0.05) is 0 Å². The van der Waals surface area contributed by atoms with E-state index in [0.29, 0.717) is 11.3 Å². The van der Waals surface area contributed by atoms with E-state index in [4.69, 9.17) is 5.73 Å². The molecule has 66 valence electrons. The first-order chi connectivity index (χ1) is 6.18. The van der Waals surface area contributed by atoms with Crippen LogP contribution in [0, 0.1) is 6.92 Å². The van der Waals surface area contributed by atoms with Crippen molar-refractivity contribution in [3.05, 3.63) is 29.6 Å². The van der Waals surface area contributed by atoms with Gasteiger partial charge in [0.05, 0.1) is 0 Å². The van der Waals surface area contributed by atoms with Gasteiger partial charge in [-0.3, -0.25) is 4.79 Å². The second-order valence-electron chi connectivity index (χ2n) is 2.93. The van der Waals surface area contributed by atoms with E-state index in [1.54, 1.807) is 12.3 Å². The molecule has 1 amide bonds. The maximum atomic E-state index is 10.9. The van der Waals surface area contributed by atoms with E-state index in [1.165, 1.54) is 0 Å². The fraction of sp³-hybridized carbons (Fsp3) is 0.111. The molecule has 0 fully saturated rings. The molecular weight excluding hydrogens is 166 g/mol. The molecule has 2 heterocycles. The van der Waals surface area contributed by atoms with Crippen LogP contribution in [0.2, 0.25) is 0 Å². The summed E-state index contributed by atoms with van der Waals surface area (Å²) in [5.74, 6) is -0.500. The first-order valence-electron chi connectivity index (χ1n) is 3.93. The molecule has 0 aliphatic carbocycles. The largest absolute Gasteiger partial charge is 0.364 e. The van der Waals surface area contributed by atoms with Crippen LogP contribution in [0.5, 0.6) is 0 Å². The Balaban J connectivity index is 2.77. The summed E-state index contributed by atoms with van der Waals surface area (Å²) in [5, 5.41) is 1.02. The van der Waals surface area contributed by atoms with Crippen molar-refractivity contribution in [2.24, 2.45) is 5.73 Å². The van der Waals surface area contributed by atoms with Crippen LogP contribution in [0.1, 0.15) is 16.1 Å². The van der Waals surface area contributed by atoms with Gasteiger partial charge in [-0.05, 0) is 24.6 Å². The summed E-state index contributed by atoms with van der Waals surface area (Å²) in [4.78, 5) is 17.9. The van der Waals surface area contributed by atoms with Gasteiger partial charge in [0.1, 0.15) is 11.3 Å². The summed E-state index contributed by atoms with van der Waals surface area (Å²) in [5.41, 5.74) is 7.13. The number of rotatable bonds is 1. The molecule has 13 heavy (non-hydrogen) atoms. The molecule has 0 aliphatic rings. The van der Waals surface area contributed by atoms with E-state index in [9.17, 15) is 4.79 Å². The average Bonchev–Trinajstić information content (AvgIpc) is 2.51. The SMILES string of the molecule is Cc1cc(C(N)=O)nc2[nH]ccc12. The Morgan fingerprint density at radius 1 is 1.62 bits per heavy atom. The lowest BCUT2D eigenvalue weighted by atomic mass is 10.2. The Hall–Kier alpha value is -1.84. The number of aromatic amines is 1. The summed E-state index contributed by atoms with van der Waals surface area (Å²) >= 11 is 0. The number of carbonyl (C=O) groups excluding carboxylic acids is 1. The third-order valence-electron chi connectivity index (χ3n) is 1.99. The number of H-pyrrole nitrogens is 1. The summed E-state index contributed by atoms with van der Waals surface area (Å²) in [6.45, 7) is 1.92. The van der Waals surface area contributed by atoms with Crippen LogP contribution in [0.25, 0.3) is 11.0 Å². The lowest BCUT2D eigenvalue weighted by Crippen LogP contribution is -2.13. The normalized spacial score (nSPS) is 10.5. The number of aryl methyl sites for hydroxylation is 1. The molecule has 0 spiro atoms. The average molecular weight is 175 g/mol. The van der Waals surface area contributed by atoms with Crippen LogP contribution >= 0.6 is 0 Å². The first-order valence-corrected chi connectivity index (χ1v) is 3.93. The molecule has 4 nitrogen and oxygen atoms in total. The minimum Gasteiger partial charge on any atom is -0.364 e. The first kappa shape index (κ1) is 7.79. The fourth-order valence-electron chi connectivity index (χ4n) is 1.33. The van der Waals surface area contributed by atoms with Gasteiger partial charge in [-0.25, -0.2) is 4.98 Å². The molecule has 2 aromatic rings. The summed E-state index contributed by atoms with van der Waals surface area (Å²) < 4.78 is 0. The highest BCUT2D eigenvalue weighted by Gasteiger charge is 2.06. The smallest absolute Gasteiger partial charge is 0.267 e. The standard InChI is InChI=1S/C9H9N3O/c1-5-4-7(8(10)13)12-9-6(5)2-3-11-9/h2-4H,1H3,(H2,10,13)(H,11,12). The van der Waals surface area contributed by atoms with Gasteiger partial charge in [0, 0.05) is 11.6 Å². The number of aromatic nitrogens is 2. The summed E-state index contributed by atoms with van der Waals surface area (Å²) in [7, 11) is 0. The molecule has 0 aromatic carbocycles. The van der Waals surface area contributed by atoms with Crippen LogP contribution in [-0.4, -0.2) is 15.9 Å². The molecule has 2 rings (SSSR count). The number of hydrogen-bond donors (Lipinski definition) is 2. The predicted molar refractivity (Wildman–Crippen MR) is 49.3 cm³/mol. The molecule has 0 saturated carbocycles. The van der Waals surface area contributed by atoms with E-state index in [0.717, 1.165) is 10.9 Å². The molecule has 0 atom stereocenters. The predicted octanol–water partition coefficient (Wildman–Crippen LogP) is 0.970. The number of nitrogens with zero attached hydrogens (tertiary/aromatic N) is 1. The number of fused-ring (bicyclic) bond motifs is 1. The molecule has 0 unspecified atom stereocenters. The summed E-state index contributed by atoms with van der Waals surface area (Å²) in [6.07, 6.45) is 1.79. The quantitative estimate of drug-likeness (QED) is 0.677. The number of amides is 1. The zero-order valence-corrected chi connectivity index (χ0v) is 7.16. The van der Waals surface area contributed by atoms with Crippen LogP contribution in [-0.2, 0) is 0 Å². The zero-order chi connectivity index (χ0) is 9.42. The number of nitrogens with one attached hydrogen (secondary N) is 1. The van der Waals surface area contributed by atoms with Gasteiger partial charge in [-0.2, -0.15) is 0 Å². The van der Waals surface area contributed by atoms with E-state index in [2.05, 4.69) is 9.97 Å². The maximum absolute atomic E-state index is 10.9. The van der Waals surface area contributed by atoms with Crippen molar-refractivity contribution in [1.82, 2.24) is 9.97 Å². The number of primary amides is 1. The van der Waals surface area contributed by atoms with E-state index < -0.39 is 5.91 Å². The lowest BCUT2D eigenvalue weighted by molar-refractivity contribution is 0.0996. The van der Waals surface area contributed by atoms with Crippen molar-refractivity contribution in [3.8, 4) is 0 Å². The molecule has 0 saturated heterocycles. The fourth-order valence-corrected chi connectivity index (χ4v) is 1.33. The number of nitrogens with two attached hydrogens (primary N) is 1. The lowest BCUT2D eigenvalue weighted by Gasteiger charge is -1.98. The highest BCUT2D eigenvalue weighted by Crippen LogP contribution is 2.15. The van der Waals surface area contributed by atoms with Crippen molar-refractivity contribution in [2.75, 3.05) is 0 Å². The Bertz CT molecular complexity index is 473. The van der Waals surface area contributed by atoms with Gasteiger partial charge in [0.2, 0.25) is 0 Å². The van der Waals surface area contributed by atoms with Crippen LogP contribution in [0.4, 0.5) is 0 Å². The van der Waals surface area contributed by atoms with Gasteiger partial charge >= 0.3 is 0 Å². The second-order valence-corrected chi connectivity index (χ2v) is 2.93. The Morgan fingerprint density at radius 2 is 2.38 bits per heavy atom. The maximum Gasteiger partial charge on any atom is 0.267 e. The molecule has 0 radical (unpaired) electrons. The molecule has 4 heteroatoms. The zero-order valence-electron chi connectivity index (χ0n) is 7.16. The van der Waals surface area contributed by atoms with Crippen molar-refractivity contribution in [1.29, 1.82) is 0 Å². The van der Waals surface area contributed by atoms with Gasteiger partial charge < -0.3 is 10.7 Å². The van der Waals surface area contributed by atoms with E-state index in [1.807, 2.05) is 13.0 Å². The summed E-state index contributed by atoms with van der Waals surface area (Å²) in [6, 6.07) is 3.61. The van der Waals surface area contributed by atoms with E-state index in [-0.39, 0.29) is 0 Å². The Labute approximate surface area is 74.8 Å². The van der Waals surface area contributed by atoms with Gasteiger partial charge in [-0.15, -0.1) is 0 Å². The minimum atomic E-state index is -0.500. The third kappa shape index (κ3) is 1.16. The van der Waals surface area contributed by atoms with Crippen LogP contribution < -0.4 is 5.73 Å². The second kappa shape index (κ2) is 2.58. The number of pyridine rings is 1. The minimum absolute atomic E-state index is 0.299. The van der Waals surface area contributed by atoms with Crippen LogP contribution in [0.15, 0.2) is 18.3 Å². The van der Waals surface area contributed by atoms with Gasteiger partial charge in [0.25, 0.3) is 5.91 Å². The van der Waals surface area contributed by atoms with Crippen molar-refractivity contribution < 1.29 is 4.79 Å². The molecular formula is C9H9N3O. The highest BCUT2D eigenvalue weighted by molar-refractivity contribution is 5.94. The molecule has 0 bridgehead atoms.